The predicted molar refractivity (Wildman–Crippen MR) is 92.8 cm³/mol. The summed E-state index contributed by atoms with van der Waals surface area (Å²) in [6.07, 6.45) is 26.6. The van der Waals surface area contributed by atoms with Gasteiger partial charge in [0.05, 0.1) is 0 Å². The van der Waals surface area contributed by atoms with E-state index in [4.69, 9.17) is 0 Å². The molecule has 0 aromatic carbocycles. The second-order valence-electron chi connectivity index (χ2n) is 7.50. The van der Waals surface area contributed by atoms with Gasteiger partial charge < -0.3 is 24.8 Å². The molecule has 0 aromatic heterocycles. The molecule has 4 aliphatic carbocycles. The van der Waals surface area contributed by atoms with Crippen molar-refractivity contribution >= 4 is 3.71 Å². The fraction of sp³-hybridized carbons (Fsp3) is 0.571. The molecule has 0 amide bonds. The summed E-state index contributed by atoms with van der Waals surface area (Å²) in [5.41, 5.74) is 0. The van der Waals surface area contributed by atoms with Gasteiger partial charge in [0, 0.05) is 0 Å². The summed E-state index contributed by atoms with van der Waals surface area (Å²) in [4.78, 5) is 0. The summed E-state index contributed by atoms with van der Waals surface area (Å²) < 4.78 is 5.04. The maximum atomic E-state index is 2.88. The van der Waals surface area contributed by atoms with Crippen LogP contribution in [0.5, 0.6) is 0 Å². The van der Waals surface area contributed by atoms with Crippen molar-refractivity contribution in [3.05, 3.63) is 48.6 Å². The minimum Gasteiger partial charge on any atom is -1.00 e. The smallest absolute Gasteiger partial charge is 1.00 e. The molecule has 0 aliphatic heterocycles. The van der Waals surface area contributed by atoms with Crippen LogP contribution in [-0.4, -0.2) is 3.71 Å². The average Bonchev–Trinajstić information content (AvgIpc) is 3.17. The summed E-state index contributed by atoms with van der Waals surface area (Å²) >= 11 is -1.51. The van der Waals surface area contributed by atoms with Crippen LogP contribution >= 0.6 is 0 Å². The van der Waals surface area contributed by atoms with Crippen molar-refractivity contribution in [1.82, 2.24) is 0 Å². The predicted octanol–water partition coefficient (Wildman–Crippen LogP) is -0.294. The molecule has 6 unspecified atom stereocenters. The van der Waals surface area contributed by atoms with E-state index in [1.165, 1.54) is 32.1 Å². The molecule has 24 heavy (non-hydrogen) atoms. The first-order valence-electron chi connectivity index (χ1n) is 9.28. The zero-order valence-electron chi connectivity index (χ0n) is 14.5. The first-order chi connectivity index (χ1) is 10.9. The van der Waals surface area contributed by atoms with Gasteiger partial charge in [-0.2, -0.15) is 0 Å². The Morgan fingerprint density at radius 1 is 0.750 bits per heavy atom. The summed E-state index contributed by atoms with van der Waals surface area (Å²) in [5.74, 6) is 3.53. The van der Waals surface area contributed by atoms with Gasteiger partial charge in [0.2, 0.25) is 0 Å². The molecular weight excluding hydrogens is 414 g/mol. The maximum absolute atomic E-state index is 2.88. The van der Waals surface area contributed by atoms with Gasteiger partial charge in [-0.25, -0.2) is 0 Å². The standard InChI is InChI=1S/2C9H11.C3H6.2ClH.Zr/c2*1-2-5-9-7-3-6-8(9)4-1;1-3-2;;;/h2*1-2,4-6,8-9H,3,7H2;1H,3H2,2H3;2*1H;/q;;;;;+2/p-2. The van der Waals surface area contributed by atoms with Gasteiger partial charge in [-0.1, -0.05) is 0 Å². The fourth-order valence-electron chi connectivity index (χ4n) is 5.50. The van der Waals surface area contributed by atoms with E-state index in [0.717, 1.165) is 30.9 Å². The SMILES string of the molecule is CC[CH]=[Zr+2]([CH]1CCC2C=CC=CC21)[CH]1CCC2C=CC=CC21.[Cl-].[Cl-]. The van der Waals surface area contributed by atoms with Gasteiger partial charge in [-0.15, -0.1) is 0 Å². The van der Waals surface area contributed by atoms with Gasteiger partial charge in [-0.05, 0) is 0 Å². The van der Waals surface area contributed by atoms with Crippen molar-refractivity contribution in [3.8, 4) is 0 Å². The summed E-state index contributed by atoms with van der Waals surface area (Å²) in [6.45, 7) is 2.38. The molecule has 4 aliphatic rings. The normalized spacial score (nSPS) is 37.7. The number of hydrogen-bond acceptors (Lipinski definition) is 0. The molecule has 0 bridgehead atoms. The second kappa shape index (κ2) is 9.29. The first kappa shape index (κ1) is 20.6. The molecule has 3 heteroatoms. The van der Waals surface area contributed by atoms with E-state index in [0.29, 0.717) is 0 Å². The zero-order chi connectivity index (χ0) is 14.9. The van der Waals surface area contributed by atoms with E-state index in [-0.39, 0.29) is 24.8 Å². The van der Waals surface area contributed by atoms with Crippen LogP contribution in [0.1, 0.15) is 39.0 Å². The molecule has 0 heterocycles. The number of allylic oxidation sites excluding steroid dienone is 8. The van der Waals surface area contributed by atoms with Crippen molar-refractivity contribution < 1.29 is 46.1 Å². The molecule has 2 saturated carbocycles. The minimum atomic E-state index is -1.51. The largest absolute Gasteiger partial charge is 1.00 e. The van der Waals surface area contributed by atoms with E-state index in [1.54, 1.807) is 0 Å². The van der Waals surface area contributed by atoms with Crippen molar-refractivity contribution in [2.75, 3.05) is 0 Å². The Morgan fingerprint density at radius 3 is 1.67 bits per heavy atom. The van der Waals surface area contributed by atoms with Crippen molar-refractivity contribution in [3.63, 3.8) is 0 Å². The van der Waals surface area contributed by atoms with E-state index in [9.17, 15) is 0 Å². The Labute approximate surface area is 167 Å². The summed E-state index contributed by atoms with van der Waals surface area (Å²) in [5, 5.41) is 0. The number of halogens is 2. The average molecular weight is 443 g/mol. The maximum Gasteiger partial charge on any atom is -1.00 e. The second-order valence-corrected chi connectivity index (χ2v) is 14.6. The van der Waals surface area contributed by atoms with Crippen LogP contribution in [0.4, 0.5) is 0 Å². The van der Waals surface area contributed by atoms with Gasteiger partial charge in [0.25, 0.3) is 0 Å². The molecular formula is C21H28Cl2Zr. The molecule has 0 N–H and O–H groups in total. The van der Waals surface area contributed by atoms with E-state index in [1.807, 2.05) is 0 Å². The molecule has 0 aromatic rings. The summed E-state index contributed by atoms with van der Waals surface area (Å²) in [7, 11) is 0. The minimum absolute atomic E-state index is 0. The molecule has 0 nitrogen and oxygen atoms in total. The zero-order valence-corrected chi connectivity index (χ0v) is 18.4. The number of fused-ring (bicyclic) bond motifs is 2. The third-order valence-corrected chi connectivity index (χ3v) is 16.1. The van der Waals surface area contributed by atoms with Gasteiger partial charge >= 0.3 is 144 Å². The molecule has 0 spiro atoms. The van der Waals surface area contributed by atoms with Crippen LogP contribution in [0.3, 0.4) is 0 Å². The Bertz CT molecular complexity index is 526. The van der Waals surface area contributed by atoms with Crippen molar-refractivity contribution in [2.24, 2.45) is 23.7 Å². The van der Waals surface area contributed by atoms with Crippen LogP contribution < -0.4 is 24.8 Å². The van der Waals surface area contributed by atoms with Gasteiger partial charge in [-0.3, -0.25) is 0 Å². The topological polar surface area (TPSA) is 0 Å². The van der Waals surface area contributed by atoms with Crippen molar-refractivity contribution in [1.29, 1.82) is 0 Å². The first-order valence-corrected chi connectivity index (χ1v) is 13.5. The number of rotatable bonds is 3. The van der Waals surface area contributed by atoms with Crippen molar-refractivity contribution in [2.45, 2.75) is 46.3 Å². The number of hydrogen-bond donors (Lipinski definition) is 0. The van der Waals surface area contributed by atoms with Crippen LogP contribution in [0.2, 0.25) is 7.25 Å². The molecule has 4 rings (SSSR count). The Morgan fingerprint density at radius 2 is 1.21 bits per heavy atom. The Balaban J connectivity index is 0.00000104. The van der Waals surface area contributed by atoms with Crippen LogP contribution in [0.25, 0.3) is 0 Å². The Kier molecular flexibility index (Phi) is 7.98. The van der Waals surface area contributed by atoms with E-state index in [2.05, 4.69) is 59.2 Å². The Hall–Kier alpha value is 0.293. The molecule has 0 saturated heterocycles. The summed E-state index contributed by atoms with van der Waals surface area (Å²) in [6, 6.07) is 0. The fourth-order valence-corrected chi connectivity index (χ4v) is 15.9. The molecule has 0 radical (unpaired) electrons. The van der Waals surface area contributed by atoms with Crippen LogP contribution in [-0.2, 0) is 21.3 Å². The van der Waals surface area contributed by atoms with E-state index >= 15 is 0 Å². The molecule has 130 valence electrons. The molecule has 2 fully saturated rings. The van der Waals surface area contributed by atoms with Crippen LogP contribution in [0, 0.1) is 23.7 Å². The van der Waals surface area contributed by atoms with Gasteiger partial charge in [0.15, 0.2) is 0 Å². The molecule has 6 atom stereocenters. The monoisotopic (exact) mass is 440 g/mol. The third-order valence-electron chi connectivity index (χ3n) is 6.44. The van der Waals surface area contributed by atoms with Gasteiger partial charge in [0.1, 0.15) is 0 Å². The van der Waals surface area contributed by atoms with Crippen LogP contribution in [0.15, 0.2) is 48.6 Å². The van der Waals surface area contributed by atoms with E-state index < -0.39 is 21.3 Å². The quantitative estimate of drug-likeness (QED) is 0.564. The third kappa shape index (κ3) is 3.84.